The van der Waals surface area contributed by atoms with Gasteiger partial charge in [-0.3, -0.25) is 9.11 Å². The van der Waals surface area contributed by atoms with Gasteiger partial charge in [0.05, 0.1) is 0 Å². The van der Waals surface area contributed by atoms with Crippen molar-refractivity contribution in [3.8, 4) is 0 Å². The molecule has 12 heavy (non-hydrogen) atoms. The van der Waals surface area contributed by atoms with Crippen molar-refractivity contribution < 1.29 is 17.5 Å². The average molecular weight is 220 g/mol. The maximum atomic E-state index is 8.74. The molecule has 0 aromatic carbocycles. The topological polar surface area (TPSA) is 74.6 Å². The fourth-order valence-corrected chi connectivity index (χ4v) is 2.83. The van der Waals surface area contributed by atoms with Gasteiger partial charge >= 0.3 is 40.0 Å². The number of hydrogen-bond donors (Lipinski definition) is 2. The van der Waals surface area contributed by atoms with Gasteiger partial charge < -0.3 is 0 Å². The van der Waals surface area contributed by atoms with Gasteiger partial charge in [0.25, 0.3) is 0 Å². The number of rotatable bonds is 0. The Morgan fingerprint density at radius 3 is 1.42 bits per heavy atom. The fourth-order valence-electron chi connectivity index (χ4n) is 1.06. The first kappa shape index (κ1) is 15.9. The zero-order valence-corrected chi connectivity index (χ0v) is 8.59. The van der Waals surface area contributed by atoms with E-state index >= 15 is 0 Å². The minimum absolute atomic E-state index is 0. The molecule has 0 saturated carbocycles. The molecule has 4 nitrogen and oxygen atoms in total. The third kappa shape index (κ3) is 22.5. The van der Waals surface area contributed by atoms with Gasteiger partial charge in [0.15, 0.2) is 0 Å². The van der Waals surface area contributed by atoms with Crippen LogP contribution in [0.4, 0.5) is 0 Å². The maximum absolute atomic E-state index is 8.74. The molecular weight excluding hydrogens is 206 g/mol. The molecule has 1 heterocycles. The molecule has 1 rings (SSSR count). The summed E-state index contributed by atoms with van der Waals surface area (Å²) in [5.41, 5.74) is 0. The van der Waals surface area contributed by atoms with Crippen molar-refractivity contribution >= 4 is 55.2 Å². The molecule has 0 atom stereocenters. The molecule has 0 aliphatic carbocycles. The average Bonchev–Trinajstić information content (AvgIpc) is 1.88. The van der Waals surface area contributed by atoms with E-state index in [2.05, 4.69) is 0 Å². The molecule has 1 aliphatic rings. The van der Waals surface area contributed by atoms with E-state index < -0.39 is 10.4 Å². The van der Waals surface area contributed by atoms with Crippen molar-refractivity contribution in [1.29, 1.82) is 0 Å². The molecule has 0 spiro atoms. The molecule has 0 unspecified atom stereocenters. The Morgan fingerprint density at radius 1 is 1.00 bits per heavy atom. The van der Waals surface area contributed by atoms with Crippen molar-refractivity contribution in [2.24, 2.45) is 0 Å². The molecule has 0 aromatic heterocycles. The SMILES string of the molecule is C1C[CH2][AlH][CH2]C1.O=S(=O)(O)O.[NaH]. The first-order valence-corrected chi connectivity index (χ1v) is 7.10. The Kier molecular flexibility index (Phi) is 11.9. The van der Waals surface area contributed by atoms with Crippen molar-refractivity contribution in [2.45, 2.75) is 29.8 Å². The van der Waals surface area contributed by atoms with Crippen LogP contribution < -0.4 is 0 Å². The van der Waals surface area contributed by atoms with Crippen LogP contribution in [-0.4, -0.2) is 62.3 Å². The summed E-state index contributed by atoms with van der Waals surface area (Å²) in [5.74, 6) is 0. The van der Waals surface area contributed by atoms with Gasteiger partial charge in [-0.15, -0.1) is 0 Å². The molecule has 0 bridgehead atoms. The summed E-state index contributed by atoms with van der Waals surface area (Å²) in [6.45, 7) is 0. The van der Waals surface area contributed by atoms with Crippen LogP contribution in [-0.2, 0) is 10.4 Å². The predicted octanol–water partition coefficient (Wildman–Crippen LogP) is 0.142. The Balaban J connectivity index is 0. The van der Waals surface area contributed by atoms with Gasteiger partial charge in [0.1, 0.15) is 0 Å². The first-order valence-electron chi connectivity index (χ1n) is 3.70. The second kappa shape index (κ2) is 8.98. The monoisotopic (exact) mass is 220 g/mol. The zero-order chi connectivity index (χ0) is 8.74. The summed E-state index contributed by atoms with van der Waals surface area (Å²) in [6, 6.07) is 0. The summed E-state index contributed by atoms with van der Waals surface area (Å²) in [5, 5.41) is 3.28. The van der Waals surface area contributed by atoms with Crippen molar-refractivity contribution in [3.05, 3.63) is 0 Å². The second-order valence-corrected chi connectivity index (χ2v) is 5.59. The van der Waals surface area contributed by atoms with Crippen LogP contribution in [0.3, 0.4) is 0 Å². The molecule has 1 aliphatic heterocycles. The van der Waals surface area contributed by atoms with E-state index in [0.29, 0.717) is 15.2 Å². The van der Waals surface area contributed by atoms with Crippen LogP contribution in [0.5, 0.6) is 0 Å². The molecule has 2 N–H and O–H groups in total. The summed E-state index contributed by atoms with van der Waals surface area (Å²) in [6.07, 6.45) is 4.66. The molecular formula is C5H14AlNaO4S. The Labute approximate surface area is 102 Å². The third-order valence-electron chi connectivity index (χ3n) is 1.50. The standard InChI is InChI=1S/C5H10.Al.Na.H2O4S.2H/c1-3-5-4-2;;;1-5(2,3)4;;/h1-5H2;;;(H2,1,2,3,4);;. The van der Waals surface area contributed by atoms with E-state index in [1.165, 1.54) is 6.42 Å². The fraction of sp³-hybridized carbons (Fsp3) is 1.00. The van der Waals surface area contributed by atoms with Crippen LogP contribution >= 0.6 is 0 Å². The Bertz CT molecular complexity index is 158. The Hall–Kier alpha value is 1.40. The third-order valence-corrected chi connectivity index (χ3v) is 3.50. The van der Waals surface area contributed by atoms with E-state index in [9.17, 15) is 0 Å². The van der Waals surface area contributed by atoms with Gasteiger partial charge in [-0.05, 0) is 0 Å². The van der Waals surface area contributed by atoms with Crippen molar-refractivity contribution in [2.75, 3.05) is 0 Å². The van der Waals surface area contributed by atoms with Crippen molar-refractivity contribution in [3.63, 3.8) is 0 Å². The van der Waals surface area contributed by atoms with Crippen molar-refractivity contribution in [1.82, 2.24) is 0 Å². The van der Waals surface area contributed by atoms with Crippen LogP contribution in [0.1, 0.15) is 19.3 Å². The predicted molar refractivity (Wildman–Crippen MR) is 51.9 cm³/mol. The van der Waals surface area contributed by atoms with Gasteiger partial charge in [-0.1, -0.05) is 29.8 Å². The zero-order valence-electron chi connectivity index (χ0n) is 6.36. The minimum atomic E-state index is -4.67. The molecule has 68 valence electrons. The quantitative estimate of drug-likeness (QED) is 0.450. The van der Waals surface area contributed by atoms with E-state index in [4.69, 9.17) is 17.5 Å². The van der Waals surface area contributed by atoms with Gasteiger partial charge in [0, 0.05) is 0 Å². The molecule has 0 radical (unpaired) electrons. The second-order valence-electron chi connectivity index (χ2n) is 2.57. The normalized spacial score (nSPS) is 16.2. The summed E-state index contributed by atoms with van der Waals surface area (Å²) in [4.78, 5) is 0. The van der Waals surface area contributed by atoms with E-state index in [1.54, 1.807) is 23.4 Å². The van der Waals surface area contributed by atoms with Crippen LogP contribution in [0.15, 0.2) is 0 Å². The summed E-state index contributed by atoms with van der Waals surface area (Å²) in [7, 11) is -4.67. The molecule has 1 fully saturated rings. The molecule has 0 amide bonds. The summed E-state index contributed by atoms with van der Waals surface area (Å²) < 4.78 is 31.6. The molecule has 1 saturated heterocycles. The van der Waals surface area contributed by atoms with E-state index in [-0.39, 0.29) is 29.6 Å². The molecule has 0 aromatic rings. The first-order chi connectivity index (χ1) is 5.00. The Morgan fingerprint density at radius 2 is 1.33 bits per heavy atom. The van der Waals surface area contributed by atoms with Gasteiger partial charge in [0.2, 0.25) is 15.2 Å². The van der Waals surface area contributed by atoms with Gasteiger partial charge in [-0.25, -0.2) is 0 Å². The van der Waals surface area contributed by atoms with Gasteiger partial charge in [-0.2, -0.15) is 8.42 Å². The van der Waals surface area contributed by atoms with E-state index in [1.807, 2.05) is 0 Å². The van der Waals surface area contributed by atoms with E-state index in [0.717, 1.165) is 0 Å². The van der Waals surface area contributed by atoms with Crippen LogP contribution in [0.2, 0.25) is 10.6 Å². The summed E-state index contributed by atoms with van der Waals surface area (Å²) >= 11 is 0.508. The molecule has 7 heteroatoms. The van der Waals surface area contributed by atoms with Crippen LogP contribution in [0.25, 0.3) is 0 Å². The van der Waals surface area contributed by atoms with Crippen LogP contribution in [0, 0.1) is 0 Å². The number of hydrogen-bond acceptors (Lipinski definition) is 2.